The van der Waals surface area contributed by atoms with Crippen LogP contribution < -0.4 is 0 Å². The molecule has 0 spiro atoms. The SMILES string of the molecule is CCC1S/C(=N\N=C\c2ccc(Cl)cc2)N(Cc2cccc3ccccc23)C1=O. The quantitative estimate of drug-likeness (QED) is 0.389. The van der Waals surface area contributed by atoms with Crippen LogP contribution in [0, 0.1) is 0 Å². The molecule has 1 heterocycles. The Labute approximate surface area is 179 Å². The number of hydrogen-bond donors (Lipinski definition) is 0. The second-order valence-corrected chi connectivity index (χ2v) is 8.36. The number of carbonyl (C=O) groups is 1. The molecule has 4 nitrogen and oxygen atoms in total. The largest absolute Gasteiger partial charge is 0.284 e. The fraction of sp³-hybridized carbons (Fsp3) is 0.174. The van der Waals surface area contributed by atoms with Crippen LogP contribution in [0.4, 0.5) is 0 Å². The van der Waals surface area contributed by atoms with E-state index in [1.165, 1.54) is 11.8 Å². The minimum Gasteiger partial charge on any atom is -0.284 e. The first-order valence-electron chi connectivity index (χ1n) is 9.47. The molecule has 29 heavy (non-hydrogen) atoms. The van der Waals surface area contributed by atoms with Gasteiger partial charge in [0.15, 0.2) is 5.17 Å². The van der Waals surface area contributed by atoms with Gasteiger partial charge < -0.3 is 0 Å². The second-order valence-electron chi connectivity index (χ2n) is 6.76. The third kappa shape index (κ3) is 4.36. The van der Waals surface area contributed by atoms with E-state index in [1.807, 2.05) is 49.4 Å². The van der Waals surface area contributed by atoms with E-state index in [-0.39, 0.29) is 11.2 Å². The minimum atomic E-state index is -0.116. The number of amidine groups is 1. The van der Waals surface area contributed by atoms with E-state index in [0.717, 1.165) is 28.3 Å². The van der Waals surface area contributed by atoms with E-state index in [1.54, 1.807) is 11.1 Å². The van der Waals surface area contributed by atoms with Gasteiger partial charge in [0, 0.05) is 5.02 Å². The van der Waals surface area contributed by atoms with Gasteiger partial charge in [-0.05, 0) is 40.5 Å². The number of carbonyl (C=O) groups excluding carboxylic acids is 1. The zero-order chi connectivity index (χ0) is 20.2. The van der Waals surface area contributed by atoms with Crippen molar-refractivity contribution in [1.29, 1.82) is 0 Å². The van der Waals surface area contributed by atoms with Gasteiger partial charge in [-0.3, -0.25) is 9.69 Å². The molecule has 3 aromatic carbocycles. The Morgan fingerprint density at radius 2 is 1.83 bits per heavy atom. The van der Waals surface area contributed by atoms with Gasteiger partial charge in [0.1, 0.15) is 0 Å². The summed E-state index contributed by atoms with van der Waals surface area (Å²) in [6.07, 6.45) is 2.43. The van der Waals surface area contributed by atoms with Crippen molar-refractivity contribution < 1.29 is 4.79 Å². The zero-order valence-electron chi connectivity index (χ0n) is 16.0. The molecular formula is C23H20ClN3OS. The fourth-order valence-corrected chi connectivity index (χ4v) is 4.44. The summed E-state index contributed by atoms with van der Waals surface area (Å²) in [5.41, 5.74) is 2.00. The van der Waals surface area contributed by atoms with Gasteiger partial charge >= 0.3 is 0 Å². The van der Waals surface area contributed by atoms with Gasteiger partial charge in [0.25, 0.3) is 0 Å². The summed E-state index contributed by atoms with van der Waals surface area (Å²) < 4.78 is 0. The van der Waals surface area contributed by atoms with Gasteiger partial charge in [0.05, 0.1) is 18.0 Å². The minimum absolute atomic E-state index is 0.0888. The number of halogens is 1. The lowest BCUT2D eigenvalue weighted by Crippen LogP contribution is -2.31. The summed E-state index contributed by atoms with van der Waals surface area (Å²) in [7, 11) is 0. The normalized spacial score (nSPS) is 18.4. The number of hydrogen-bond acceptors (Lipinski definition) is 4. The lowest BCUT2D eigenvalue weighted by atomic mass is 10.0. The number of amides is 1. The maximum atomic E-state index is 12.9. The Kier molecular flexibility index (Phi) is 5.97. The van der Waals surface area contributed by atoms with Crippen molar-refractivity contribution in [2.75, 3.05) is 0 Å². The van der Waals surface area contributed by atoms with Crippen LogP contribution in [0.25, 0.3) is 10.8 Å². The lowest BCUT2D eigenvalue weighted by molar-refractivity contribution is -0.126. The van der Waals surface area contributed by atoms with Crippen LogP contribution in [0.5, 0.6) is 0 Å². The van der Waals surface area contributed by atoms with Crippen LogP contribution in [0.15, 0.2) is 76.9 Å². The first kappa shape index (κ1) is 19.7. The Balaban J connectivity index is 1.61. The molecule has 6 heteroatoms. The molecule has 0 radical (unpaired) electrons. The summed E-state index contributed by atoms with van der Waals surface area (Å²) in [4.78, 5) is 14.7. The molecule has 4 rings (SSSR count). The van der Waals surface area contributed by atoms with Crippen molar-refractivity contribution in [1.82, 2.24) is 4.90 Å². The number of thioether (sulfide) groups is 1. The van der Waals surface area contributed by atoms with Gasteiger partial charge in [-0.25, -0.2) is 0 Å². The highest BCUT2D eigenvalue weighted by atomic mass is 35.5. The number of rotatable bonds is 5. The van der Waals surface area contributed by atoms with Crippen molar-refractivity contribution in [2.24, 2.45) is 10.2 Å². The molecule has 1 aliphatic rings. The molecule has 0 saturated carbocycles. The highest BCUT2D eigenvalue weighted by Crippen LogP contribution is 2.32. The molecule has 1 atom stereocenters. The Bertz CT molecular complexity index is 1090. The van der Waals surface area contributed by atoms with Crippen LogP contribution in [-0.4, -0.2) is 27.4 Å². The van der Waals surface area contributed by atoms with E-state index in [2.05, 4.69) is 34.5 Å². The first-order chi connectivity index (χ1) is 14.2. The van der Waals surface area contributed by atoms with Crippen LogP contribution in [0.3, 0.4) is 0 Å². The third-order valence-corrected chi connectivity index (χ3v) is 6.40. The molecule has 0 aliphatic carbocycles. The Morgan fingerprint density at radius 3 is 2.62 bits per heavy atom. The molecule has 146 valence electrons. The van der Waals surface area contributed by atoms with Gasteiger partial charge in [0.2, 0.25) is 5.91 Å². The monoisotopic (exact) mass is 421 g/mol. The summed E-state index contributed by atoms with van der Waals surface area (Å²) >= 11 is 7.40. The molecule has 1 amide bonds. The highest BCUT2D eigenvalue weighted by Gasteiger charge is 2.37. The highest BCUT2D eigenvalue weighted by molar-refractivity contribution is 8.15. The van der Waals surface area contributed by atoms with E-state index in [4.69, 9.17) is 11.6 Å². The molecule has 0 bridgehead atoms. The van der Waals surface area contributed by atoms with Crippen LogP contribution in [0.2, 0.25) is 5.02 Å². The smallest absolute Gasteiger partial charge is 0.242 e. The maximum Gasteiger partial charge on any atom is 0.242 e. The molecule has 3 aromatic rings. The Hall–Kier alpha value is -2.63. The van der Waals surface area contributed by atoms with E-state index >= 15 is 0 Å². The first-order valence-corrected chi connectivity index (χ1v) is 10.7. The van der Waals surface area contributed by atoms with Gasteiger partial charge in [-0.15, -0.1) is 5.10 Å². The summed E-state index contributed by atoms with van der Waals surface area (Å²) in [5.74, 6) is 0.0888. The standard InChI is InChI=1S/C23H20ClN3OS/c1-2-21-22(28)27(15-18-8-5-7-17-6-3-4-9-20(17)18)23(29-21)26-25-14-16-10-12-19(24)13-11-16/h3-14,21H,2,15H2,1H3/b25-14+,26-23-. The summed E-state index contributed by atoms with van der Waals surface area (Å²) in [6.45, 7) is 2.50. The van der Waals surface area contributed by atoms with Crippen LogP contribution >= 0.6 is 23.4 Å². The van der Waals surface area contributed by atoms with Gasteiger partial charge in [-0.1, -0.05) is 84.9 Å². The molecule has 1 saturated heterocycles. The van der Waals surface area contributed by atoms with E-state index < -0.39 is 0 Å². The molecule has 1 unspecified atom stereocenters. The molecule has 1 aliphatic heterocycles. The number of benzene rings is 3. The number of nitrogens with zero attached hydrogens (tertiary/aromatic N) is 3. The number of fused-ring (bicyclic) bond motifs is 1. The average molecular weight is 422 g/mol. The topological polar surface area (TPSA) is 45.0 Å². The van der Waals surface area contributed by atoms with Gasteiger partial charge in [-0.2, -0.15) is 5.10 Å². The Morgan fingerprint density at radius 1 is 1.07 bits per heavy atom. The van der Waals surface area contributed by atoms with Crippen molar-refractivity contribution in [3.63, 3.8) is 0 Å². The summed E-state index contributed by atoms with van der Waals surface area (Å²) in [5, 5.41) is 12.1. The third-order valence-electron chi connectivity index (χ3n) is 4.82. The molecular weight excluding hydrogens is 402 g/mol. The van der Waals surface area contributed by atoms with E-state index in [9.17, 15) is 4.79 Å². The van der Waals surface area contributed by atoms with Crippen molar-refractivity contribution in [3.8, 4) is 0 Å². The predicted molar refractivity (Wildman–Crippen MR) is 123 cm³/mol. The van der Waals surface area contributed by atoms with Crippen molar-refractivity contribution in [2.45, 2.75) is 25.1 Å². The van der Waals surface area contributed by atoms with Crippen molar-refractivity contribution in [3.05, 3.63) is 82.9 Å². The lowest BCUT2D eigenvalue weighted by Gasteiger charge is -2.17. The molecule has 0 N–H and O–H groups in total. The maximum absolute atomic E-state index is 12.9. The second kappa shape index (κ2) is 8.80. The van der Waals surface area contributed by atoms with Crippen LogP contribution in [-0.2, 0) is 11.3 Å². The van der Waals surface area contributed by atoms with E-state index in [0.29, 0.717) is 16.7 Å². The fourth-order valence-electron chi connectivity index (χ4n) is 3.28. The molecule has 1 fully saturated rings. The predicted octanol–water partition coefficient (Wildman–Crippen LogP) is 5.74. The molecule has 0 aromatic heterocycles. The van der Waals surface area contributed by atoms with Crippen LogP contribution in [0.1, 0.15) is 24.5 Å². The average Bonchev–Trinajstić information content (AvgIpc) is 3.04. The van der Waals surface area contributed by atoms with Crippen molar-refractivity contribution >= 4 is 51.4 Å². The zero-order valence-corrected chi connectivity index (χ0v) is 17.5. The summed E-state index contributed by atoms with van der Waals surface area (Å²) in [6, 6.07) is 21.8.